The van der Waals surface area contributed by atoms with Gasteiger partial charge in [-0.15, -0.1) is 0 Å². The maximum Gasteiger partial charge on any atom is 0.0634 e. The molecule has 0 saturated heterocycles. The third-order valence-electron chi connectivity index (χ3n) is 14.5. The Bertz CT molecular complexity index is 4290. The van der Waals surface area contributed by atoms with Gasteiger partial charge >= 0.3 is 0 Å². The summed E-state index contributed by atoms with van der Waals surface area (Å²) in [6.45, 7) is 0. The van der Waals surface area contributed by atoms with Crippen LogP contribution in [0.2, 0.25) is 0 Å². The zero-order valence-corrected chi connectivity index (χ0v) is 37.9. The number of benzene rings is 11. The lowest BCUT2D eigenvalue weighted by Crippen LogP contribution is -2.10. The van der Waals surface area contributed by atoms with Gasteiger partial charge in [-0.1, -0.05) is 182 Å². The second-order valence-electron chi connectivity index (χ2n) is 18.2. The van der Waals surface area contributed by atoms with Crippen LogP contribution in [0.4, 0.5) is 34.1 Å². The molecule has 0 amide bonds. The minimum Gasteiger partial charge on any atom is -0.310 e. The summed E-state index contributed by atoms with van der Waals surface area (Å²) in [5, 5.41) is 9.47. The van der Waals surface area contributed by atoms with Crippen LogP contribution in [0, 0.1) is 0 Å². The van der Waals surface area contributed by atoms with Crippen molar-refractivity contribution < 1.29 is 2.74 Å². The zero-order chi connectivity index (χ0) is 47.6. The van der Waals surface area contributed by atoms with Gasteiger partial charge in [0.1, 0.15) is 0 Å². The molecule has 15 aromatic rings. The fraction of sp³-hybridized carbons (Fsp3) is 0. The summed E-state index contributed by atoms with van der Waals surface area (Å²) in [7, 11) is 0. The Morgan fingerprint density at radius 3 is 0.986 bits per heavy atom. The zero-order valence-electron chi connectivity index (χ0n) is 39.9. The predicted molar refractivity (Wildman–Crippen MR) is 296 cm³/mol. The van der Waals surface area contributed by atoms with Gasteiger partial charge in [-0.25, -0.2) is 0 Å². The quantitative estimate of drug-likeness (QED) is 0.151. The van der Waals surface area contributed by atoms with Crippen molar-refractivity contribution in [2.75, 3.05) is 9.80 Å². The maximum absolute atomic E-state index is 8.72. The average molecular weight is 893 g/mol. The van der Waals surface area contributed by atoms with Crippen molar-refractivity contribution in [3.8, 4) is 22.3 Å². The maximum atomic E-state index is 8.72. The van der Waals surface area contributed by atoms with Crippen LogP contribution < -0.4 is 9.80 Å². The molecular formula is C66H42N4. The van der Waals surface area contributed by atoms with Gasteiger partial charge in [-0.2, -0.15) is 0 Å². The number of anilines is 6. The molecule has 0 saturated carbocycles. The molecule has 326 valence electrons. The van der Waals surface area contributed by atoms with E-state index in [0.717, 1.165) is 67.1 Å². The number of aromatic nitrogens is 2. The van der Waals surface area contributed by atoms with Gasteiger partial charge in [0.15, 0.2) is 0 Å². The highest BCUT2D eigenvalue weighted by Crippen LogP contribution is 2.56. The Balaban J connectivity index is 1.15. The van der Waals surface area contributed by atoms with Crippen LogP contribution in [-0.2, 0) is 0 Å². The Hall–Kier alpha value is -9.38. The van der Waals surface area contributed by atoms with Crippen LogP contribution in [0.5, 0.6) is 0 Å². The van der Waals surface area contributed by atoms with E-state index in [0.29, 0.717) is 12.1 Å². The van der Waals surface area contributed by atoms with Gasteiger partial charge in [-0.05, 0) is 83.9 Å². The van der Waals surface area contributed by atoms with Gasteiger partial charge in [-0.3, -0.25) is 0 Å². The summed E-state index contributed by atoms with van der Waals surface area (Å²) in [5.74, 6) is 0. The summed E-state index contributed by atoms with van der Waals surface area (Å²) in [4.78, 5) is 4.62. The van der Waals surface area contributed by atoms with Crippen LogP contribution >= 0.6 is 0 Å². The lowest BCUT2D eigenvalue weighted by molar-refractivity contribution is 1.29. The van der Waals surface area contributed by atoms with Crippen LogP contribution in [0.25, 0.3) is 98.4 Å². The number of rotatable bonds is 8. The minimum absolute atomic E-state index is 0.465. The summed E-state index contributed by atoms with van der Waals surface area (Å²) in [5.41, 5.74) is 17.7. The van der Waals surface area contributed by atoms with Gasteiger partial charge in [0, 0.05) is 77.0 Å². The first-order valence-electron chi connectivity index (χ1n) is 24.9. The van der Waals surface area contributed by atoms with Crippen molar-refractivity contribution in [3.63, 3.8) is 0 Å². The highest BCUT2D eigenvalue weighted by atomic mass is 15.2. The lowest BCUT2D eigenvalue weighted by atomic mass is 9.89. The third-order valence-corrected chi connectivity index (χ3v) is 14.5. The first-order valence-corrected chi connectivity index (χ1v) is 23.9. The SMILES string of the molecule is [2H]c1cccc(N(c2ccccc2)c2cccc3c2c2cccc4c5c(-c6ccccc6)c6c(c(-c7ccccc7)c5n3c24)c2cccc3c4c(N(c5ccccc5)c5cccc([2H])c5)cccc4n6c32)c1. The smallest absolute Gasteiger partial charge is 0.0634 e. The Labute approximate surface area is 406 Å². The molecule has 4 heteroatoms. The number of hydrogen-bond acceptors (Lipinski definition) is 2. The highest BCUT2D eigenvalue weighted by Gasteiger charge is 2.32. The van der Waals surface area contributed by atoms with E-state index in [1.54, 1.807) is 0 Å². The molecule has 0 aliphatic carbocycles. The molecule has 0 aliphatic heterocycles. The number of para-hydroxylation sites is 6. The molecule has 0 spiro atoms. The van der Waals surface area contributed by atoms with E-state index >= 15 is 0 Å². The molecule has 0 atom stereocenters. The Kier molecular flexibility index (Phi) is 7.90. The van der Waals surface area contributed by atoms with Gasteiger partial charge in [0.25, 0.3) is 0 Å². The van der Waals surface area contributed by atoms with Crippen LogP contribution in [-0.4, -0.2) is 8.80 Å². The second kappa shape index (κ2) is 15.1. The fourth-order valence-electron chi connectivity index (χ4n) is 12.0. The third kappa shape index (κ3) is 5.36. The average Bonchev–Trinajstić information content (AvgIpc) is 4.17. The normalized spacial score (nSPS) is 12.4. The molecule has 4 nitrogen and oxygen atoms in total. The van der Waals surface area contributed by atoms with Gasteiger partial charge in [0.05, 0.1) is 47.2 Å². The molecule has 4 heterocycles. The number of hydrogen-bond donors (Lipinski definition) is 0. The summed E-state index contributed by atoms with van der Waals surface area (Å²) in [6.07, 6.45) is 0. The van der Waals surface area contributed by atoms with Crippen LogP contribution in [0.1, 0.15) is 2.74 Å². The molecule has 11 aromatic carbocycles. The minimum atomic E-state index is 0.465. The fourth-order valence-corrected chi connectivity index (χ4v) is 12.0. The van der Waals surface area contributed by atoms with Crippen LogP contribution in [0.15, 0.2) is 255 Å². The molecule has 15 rings (SSSR count). The van der Waals surface area contributed by atoms with Crippen molar-refractivity contribution in [1.29, 1.82) is 0 Å². The van der Waals surface area contributed by atoms with E-state index in [9.17, 15) is 0 Å². The molecule has 0 N–H and O–H groups in total. The van der Waals surface area contributed by atoms with Gasteiger partial charge in [0.2, 0.25) is 0 Å². The highest BCUT2D eigenvalue weighted by molar-refractivity contribution is 6.39. The van der Waals surface area contributed by atoms with Gasteiger partial charge < -0.3 is 18.6 Å². The molecule has 0 bridgehead atoms. The van der Waals surface area contributed by atoms with E-state index < -0.39 is 0 Å². The second-order valence-corrected chi connectivity index (χ2v) is 18.2. The van der Waals surface area contributed by atoms with Crippen molar-refractivity contribution in [1.82, 2.24) is 8.80 Å². The molecular weight excluding hydrogens is 849 g/mol. The van der Waals surface area contributed by atoms with Crippen molar-refractivity contribution in [3.05, 3.63) is 255 Å². The van der Waals surface area contributed by atoms with Crippen molar-refractivity contribution >= 4 is 110 Å². The first kappa shape index (κ1) is 36.7. The molecule has 0 radical (unpaired) electrons. The summed E-state index contributed by atoms with van der Waals surface area (Å²) < 4.78 is 22.6. The number of fused-ring (bicyclic) bond motifs is 12. The predicted octanol–water partition coefficient (Wildman–Crippen LogP) is 18.3. The Morgan fingerprint density at radius 1 is 0.271 bits per heavy atom. The molecule has 0 fully saturated rings. The van der Waals surface area contributed by atoms with Crippen molar-refractivity contribution in [2.45, 2.75) is 0 Å². The molecule has 0 aliphatic rings. The van der Waals surface area contributed by atoms with Crippen LogP contribution in [0.3, 0.4) is 0 Å². The lowest BCUT2D eigenvalue weighted by Gasteiger charge is -2.26. The van der Waals surface area contributed by atoms with E-state index in [2.05, 4.69) is 225 Å². The molecule has 0 unspecified atom stereocenters. The monoisotopic (exact) mass is 892 g/mol. The standard InChI is InChI=1S/C66H42N4/c1-7-23-43(24-8-1)57-61-51-37-19-35-49-60-54(68(47-31-15-5-16-32-47)48-33-17-6-18-34-48)40-22-42-56(60)70(63(49)51)66(61)58(44-25-9-2-10-26-44)62-52-38-20-36-50-59-53(39-21-41-55(59)69(64(50)52)65(57)62)67(45-27-11-3-12-28-45)46-29-13-4-14-30-46/h1-42H/i11D,15D. The van der Waals surface area contributed by atoms with E-state index in [4.69, 9.17) is 2.74 Å². The largest absolute Gasteiger partial charge is 0.310 e. The summed E-state index contributed by atoms with van der Waals surface area (Å²) >= 11 is 0. The first-order chi connectivity index (χ1) is 35.6. The Morgan fingerprint density at radius 2 is 0.600 bits per heavy atom. The summed E-state index contributed by atoms with van der Waals surface area (Å²) in [6, 6.07) is 87.0. The van der Waals surface area contributed by atoms with Crippen molar-refractivity contribution in [2.24, 2.45) is 0 Å². The van der Waals surface area contributed by atoms with E-state index in [1.165, 1.54) is 65.5 Å². The van der Waals surface area contributed by atoms with E-state index in [-0.39, 0.29) is 0 Å². The molecule has 4 aromatic heterocycles. The number of nitrogens with zero attached hydrogens (tertiary/aromatic N) is 4. The topological polar surface area (TPSA) is 15.3 Å². The molecule has 70 heavy (non-hydrogen) atoms. The van der Waals surface area contributed by atoms with E-state index in [1.807, 2.05) is 36.4 Å².